The van der Waals surface area contributed by atoms with Gasteiger partial charge in [0.05, 0.1) is 5.75 Å². The standard InChI is InChI=1S/C21H32N4O4S/c1-2-10-30(28,29)23-18-8-9-19-16-11-15(13-25(19)20(18)26)12-24(14-16)21(27)22-17-6-4-3-5-7-17/h8-9,15-17,23H,2-7,10-14H2,1H3,(H,22,27). The Bertz CT molecular complexity index is 952. The number of fused-ring (bicyclic) bond motifs is 4. The van der Waals surface area contributed by atoms with E-state index in [1.807, 2.05) is 11.0 Å². The van der Waals surface area contributed by atoms with E-state index >= 15 is 0 Å². The molecule has 2 unspecified atom stereocenters. The summed E-state index contributed by atoms with van der Waals surface area (Å²) < 4.78 is 28.3. The van der Waals surface area contributed by atoms with Crippen LogP contribution in [0.25, 0.3) is 0 Å². The first kappa shape index (κ1) is 21.2. The quantitative estimate of drug-likeness (QED) is 0.740. The lowest BCUT2D eigenvalue weighted by Gasteiger charge is -2.43. The maximum atomic E-state index is 12.9. The average Bonchev–Trinajstić information content (AvgIpc) is 2.71. The van der Waals surface area contributed by atoms with Crippen LogP contribution < -0.4 is 15.6 Å². The van der Waals surface area contributed by atoms with Crippen LogP contribution in [-0.2, 0) is 16.6 Å². The predicted octanol–water partition coefficient (Wildman–Crippen LogP) is 2.46. The van der Waals surface area contributed by atoms with Crippen molar-refractivity contribution in [2.45, 2.75) is 70.4 Å². The van der Waals surface area contributed by atoms with Gasteiger partial charge in [-0.05, 0) is 43.7 Å². The van der Waals surface area contributed by atoms with Crippen LogP contribution in [0.15, 0.2) is 16.9 Å². The second-order valence-corrected chi connectivity index (χ2v) is 10.8. The Balaban J connectivity index is 1.49. The first-order valence-electron chi connectivity index (χ1n) is 11.2. The lowest BCUT2D eigenvalue weighted by atomic mass is 9.83. The van der Waals surface area contributed by atoms with Gasteiger partial charge in [0.15, 0.2) is 0 Å². The van der Waals surface area contributed by atoms with Crippen molar-refractivity contribution >= 4 is 21.7 Å². The number of nitrogens with one attached hydrogen (secondary N) is 2. The molecule has 2 bridgehead atoms. The molecule has 8 nitrogen and oxygen atoms in total. The topological polar surface area (TPSA) is 101 Å². The lowest BCUT2D eigenvalue weighted by Crippen LogP contribution is -2.53. The highest BCUT2D eigenvalue weighted by molar-refractivity contribution is 7.92. The minimum absolute atomic E-state index is 0.00942. The molecule has 3 aliphatic rings. The minimum Gasteiger partial charge on any atom is -0.335 e. The summed E-state index contributed by atoms with van der Waals surface area (Å²) in [5.74, 6) is 0.294. The molecule has 0 radical (unpaired) electrons. The number of aromatic nitrogens is 1. The van der Waals surface area contributed by atoms with Gasteiger partial charge in [-0.25, -0.2) is 13.2 Å². The normalized spacial score (nSPS) is 24.2. The summed E-state index contributed by atoms with van der Waals surface area (Å²) in [4.78, 5) is 27.7. The molecule has 2 fully saturated rings. The van der Waals surface area contributed by atoms with Crippen molar-refractivity contribution in [3.05, 3.63) is 28.2 Å². The second-order valence-electron chi connectivity index (χ2n) is 9.00. The second kappa shape index (κ2) is 8.61. The van der Waals surface area contributed by atoms with Gasteiger partial charge in [-0.15, -0.1) is 0 Å². The van der Waals surface area contributed by atoms with Crippen LogP contribution in [0.1, 0.15) is 63.5 Å². The molecule has 1 aliphatic carbocycles. The fourth-order valence-corrected chi connectivity index (χ4v) is 6.32. The number of hydrogen-bond donors (Lipinski definition) is 2. The zero-order chi connectivity index (χ0) is 21.3. The number of sulfonamides is 1. The number of pyridine rings is 1. The van der Waals surface area contributed by atoms with Crippen LogP contribution in [0.3, 0.4) is 0 Å². The number of anilines is 1. The summed E-state index contributed by atoms with van der Waals surface area (Å²) in [5, 5.41) is 3.20. The van der Waals surface area contributed by atoms with Crippen LogP contribution >= 0.6 is 0 Å². The minimum atomic E-state index is -3.51. The zero-order valence-electron chi connectivity index (χ0n) is 17.6. The fourth-order valence-electron chi connectivity index (χ4n) is 5.19. The van der Waals surface area contributed by atoms with Gasteiger partial charge in [-0.2, -0.15) is 0 Å². The van der Waals surface area contributed by atoms with Crippen molar-refractivity contribution in [2.24, 2.45) is 5.92 Å². The third-order valence-electron chi connectivity index (χ3n) is 6.56. The molecule has 2 N–H and O–H groups in total. The van der Waals surface area contributed by atoms with Crippen molar-refractivity contribution in [3.8, 4) is 0 Å². The van der Waals surface area contributed by atoms with E-state index in [1.165, 1.54) is 19.3 Å². The van der Waals surface area contributed by atoms with Gasteiger partial charge in [0, 0.05) is 37.3 Å². The van der Waals surface area contributed by atoms with E-state index in [4.69, 9.17) is 0 Å². The van der Waals surface area contributed by atoms with Crippen LogP contribution in [0.2, 0.25) is 0 Å². The summed E-state index contributed by atoms with van der Waals surface area (Å²) in [5.41, 5.74) is 0.714. The highest BCUT2D eigenvalue weighted by Gasteiger charge is 2.37. The van der Waals surface area contributed by atoms with E-state index in [0.717, 1.165) is 25.0 Å². The molecule has 1 aromatic heterocycles. The van der Waals surface area contributed by atoms with Crippen molar-refractivity contribution in [1.82, 2.24) is 14.8 Å². The molecule has 2 amide bonds. The van der Waals surface area contributed by atoms with Crippen LogP contribution in [0.4, 0.5) is 10.5 Å². The molecule has 0 spiro atoms. The van der Waals surface area contributed by atoms with Gasteiger partial charge < -0.3 is 14.8 Å². The van der Waals surface area contributed by atoms with Gasteiger partial charge in [-0.3, -0.25) is 9.52 Å². The van der Waals surface area contributed by atoms with E-state index in [2.05, 4.69) is 10.0 Å². The molecule has 2 atom stereocenters. The molecule has 1 aromatic rings. The molecular formula is C21H32N4O4S. The Hall–Kier alpha value is -2.03. The van der Waals surface area contributed by atoms with Crippen molar-refractivity contribution in [3.63, 3.8) is 0 Å². The van der Waals surface area contributed by atoms with E-state index in [9.17, 15) is 18.0 Å². The Kier molecular flexibility index (Phi) is 6.09. The third-order valence-corrected chi connectivity index (χ3v) is 8.04. The number of piperidine rings is 1. The van der Waals surface area contributed by atoms with E-state index in [0.29, 0.717) is 26.1 Å². The summed E-state index contributed by atoms with van der Waals surface area (Å²) in [6.07, 6.45) is 7.16. The van der Waals surface area contributed by atoms with E-state index in [-0.39, 0.29) is 40.9 Å². The van der Waals surface area contributed by atoms with Gasteiger partial charge in [0.1, 0.15) is 5.69 Å². The Morgan fingerprint density at radius 3 is 2.63 bits per heavy atom. The Morgan fingerprint density at radius 2 is 1.90 bits per heavy atom. The maximum absolute atomic E-state index is 12.9. The first-order valence-corrected chi connectivity index (χ1v) is 12.8. The van der Waals surface area contributed by atoms with Crippen LogP contribution in [0, 0.1) is 5.92 Å². The van der Waals surface area contributed by atoms with Crippen LogP contribution in [0.5, 0.6) is 0 Å². The molecule has 4 rings (SSSR count). The molecule has 1 saturated carbocycles. The van der Waals surface area contributed by atoms with Crippen molar-refractivity contribution in [2.75, 3.05) is 23.6 Å². The molecule has 3 heterocycles. The van der Waals surface area contributed by atoms with Gasteiger partial charge >= 0.3 is 6.03 Å². The smallest absolute Gasteiger partial charge is 0.317 e. The summed E-state index contributed by atoms with van der Waals surface area (Å²) >= 11 is 0. The van der Waals surface area contributed by atoms with Gasteiger partial charge in [-0.1, -0.05) is 26.2 Å². The highest BCUT2D eigenvalue weighted by atomic mass is 32.2. The molecule has 2 aliphatic heterocycles. The third kappa shape index (κ3) is 4.50. The zero-order valence-corrected chi connectivity index (χ0v) is 18.4. The van der Waals surface area contributed by atoms with Crippen molar-refractivity contribution < 1.29 is 13.2 Å². The number of hydrogen-bond acceptors (Lipinski definition) is 4. The molecule has 1 saturated heterocycles. The highest BCUT2D eigenvalue weighted by Crippen LogP contribution is 2.35. The molecule has 0 aromatic carbocycles. The Labute approximate surface area is 178 Å². The lowest BCUT2D eigenvalue weighted by molar-refractivity contribution is 0.127. The number of urea groups is 1. The van der Waals surface area contributed by atoms with E-state index in [1.54, 1.807) is 17.6 Å². The average molecular weight is 437 g/mol. The number of amides is 2. The Morgan fingerprint density at radius 1 is 1.13 bits per heavy atom. The molecular weight excluding hydrogens is 404 g/mol. The monoisotopic (exact) mass is 436 g/mol. The number of carbonyl (C=O) groups is 1. The summed E-state index contributed by atoms with van der Waals surface area (Å²) in [6.45, 7) is 3.53. The largest absolute Gasteiger partial charge is 0.335 e. The molecule has 30 heavy (non-hydrogen) atoms. The first-order chi connectivity index (χ1) is 14.4. The molecule has 9 heteroatoms. The summed E-state index contributed by atoms with van der Waals surface area (Å²) in [7, 11) is -3.51. The fraction of sp³-hybridized carbons (Fsp3) is 0.714. The maximum Gasteiger partial charge on any atom is 0.317 e. The van der Waals surface area contributed by atoms with Crippen LogP contribution in [-0.4, -0.2) is 48.8 Å². The van der Waals surface area contributed by atoms with E-state index < -0.39 is 10.0 Å². The van der Waals surface area contributed by atoms with Crippen molar-refractivity contribution in [1.29, 1.82) is 0 Å². The number of nitrogens with zero attached hydrogens (tertiary/aromatic N) is 2. The van der Waals surface area contributed by atoms with Gasteiger partial charge in [0.25, 0.3) is 5.56 Å². The SMILES string of the molecule is CCCS(=O)(=O)Nc1ccc2n(c1=O)CC1CC2CN(C(=O)NC2CCCCC2)C1. The number of likely N-dealkylation sites (tertiary alicyclic amines) is 1. The molecule has 166 valence electrons. The van der Waals surface area contributed by atoms with Gasteiger partial charge in [0.2, 0.25) is 10.0 Å². The number of rotatable bonds is 5. The predicted molar refractivity (Wildman–Crippen MR) is 116 cm³/mol. The summed E-state index contributed by atoms with van der Waals surface area (Å²) in [6, 6.07) is 3.70. The number of carbonyl (C=O) groups excluding carboxylic acids is 1.